The Morgan fingerprint density at radius 2 is 1.85 bits per heavy atom. The third-order valence-electron chi connectivity index (χ3n) is 2.65. The smallest absolute Gasteiger partial charge is 0.228 e. The van der Waals surface area contributed by atoms with Crippen molar-refractivity contribution in [2.75, 3.05) is 5.32 Å². The maximum Gasteiger partial charge on any atom is 0.228 e. The standard InChI is InChI=1S/C15H10Br2N2O/c16-12-5-6-13(17)14(8-12)19-15(20)7-10-1-3-11(9-18)4-2-10/h1-6,8H,7H2,(H,19,20). The maximum absolute atomic E-state index is 12.0. The van der Waals surface area contributed by atoms with E-state index in [9.17, 15) is 4.79 Å². The summed E-state index contributed by atoms with van der Waals surface area (Å²) in [7, 11) is 0. The van der Waals surface area contributed by atoms with Crippen molar-refractivity contribution in [2.45, 2.75) is 6.42 Å². The number of rotatable bonds is 3. The number of halogens is 2. The minimum Gasteiger partial charge on any atom is -0.325 e. The van der Waals surface area contributed by atoms with Gasteiger partial charge < -0.3 is 5.32 Å². The van der Waals surface area contributed by atoms with E-state index in [-0.39, 0.29) is 12.3 Å². The topological polar surface area (TPSA) is 52.9 Å². The van der Waals surface area contributed by atoms with Crippen molar-refractivity contribution < 1.29 is 4.79 Å². The van der Waals surface area contributed by atoms with E-state index < -0.39 is 0 Å². The molecule has 0 spiro atoms. The largest absolute Gasteiger partial charge is 0.325 e. The van der Waals surface area contributed by atoms with Crippen LogP contribution in [0, 0.1) is 11.3 Å². The number of hydrogen-bond acceptors (Lipinski definition) is 2. The van der Waals surface area contributed by atoms with Crippen LogP contribution >= 0.6 is 31.9 Å². The Morgan fingerprint density at radius 3 is 2.50 bits per heavy atom. The second-order valence-corrected chi connectivity index (χ2v) is 5.93. The van der Waals surface area contributed by atoms with Crippen molar-refractivity contribution in [1.29, 1.82) is 5.26 Å². The van der Waals surface area contributed by atoms with Crippen LogP contribution in [0.3, 0.4) is 0 Å². The Hall–Kier alpha value is -1.64. The number of nitriles is 1. The second-order valence-electron chi connectivity index (χ2n) is 4.16. The molecule has 0 saturated carbocycles. The van der Waals surface area contributed by atoms with E-state index in [1.807, 2.05) is 24.3 Å². The number of benzene rings is 2. The zero-order chi connectivity index (χ0) is 14.5. The average Bonchev–Trinajstić information content (AvgIpc) is 2.43. The number of hydrogen-bond donors (Lipinski definition) is 1. The lowest BCUT2D eigenvalue weighted by Gasteiger charge is -2.08. The highest BCUT2D eigenvalue weighted by Crippen LogP contribution is 2.26. The molecule has 0 aromatic heterocycles. The Balaban J connectivity index is 2.05. The predicted octanol–water partition coefficient (Wildman–Crippen LogP) is 4.26. The van der Waals surface area contributed by atoms with Crippen LogP contribution in [-0.4, -0.2) is 5.91 Å². The van der Waals surface area contributed by atoms with E-state index in [1.54, 1.807) is 24.3 Å². The Morgan fingerprint density at radius 1 is 1.15 bits per heavy atom. The fraction of sp³-hybridized carbons (Fsp3) is 0.0667. The first kappa shape index (κ1) is 14.8. The van der Waals surface area contributed by atoms with Gasteiger partial charge in [-0.05, 0) is 51.8 Å². The van der Waals surface area contributed by atoms with Crippen molar-refractivity contribution in [3.63, 3.8) is 0 Å². The molecule has 2 aromatic carbocycles. The number of carbonyl (C=O) groups excluding carboxylic acids is 1. The minimum absolute atomic E-state index is 0.103. The van der Waals surface area contributed by atoms with Gasteiger partial charge in [0.1, 0.15) is 0 Å². The molecular weight excluding hydrogens is 384 g/mol. The monoisotopic (exact) mass is 392 g/mol. The molecule has 0 aliphatic carbocycles. The van der Waals surface area contributed by atoms with Gasteiger partial charge in [-0.1, -0.05) is 28.1 Å². The van der Waals surface area contributed by atoms with Gasteiger partial charge in [0.2, 0.25) is 5.91 Å². The normalized spacial score (nSPS) is 9.85. The third kappa shape index (κ3) is 3.92. The van der Waals surface area contributed by atoms with Gasteiger partial charge in [-0.3, -0.25) is 4.79 Å². The van der Waals surface area contributed by atoms with E-state index >= 15 is 0 Å². The van der Waals surface area contributed by atoms with Crippen LogP contribution in [0.25, 0.3) is 0 Å². The summed E-state index contributed by atoms with van der Waals surface area (Å²) in [6.45, 7) is 0. The van der Waals surface area contributed by atoms with Crippen LogP contribution in [0.5, 0.6) is 0 Å². The molecule has 2 rings (SSSR count). The first-order valence-corrected chi connectivity index (χ1v) is 7.41. The van der Waals surface area contributed by atoms with Gasteiger partial charge in [0, 0.05) is 8.95 Å². The lowest BCUT2D eigenvalue weighted by atomic mass is 10.1. The molecule has 0 bridgehead atoms. The summed E-state index contributed by atoms with van der Waals surface area (Å²) in [6, 6.07) is 14.6. The van der Waals surface area contributed by atoms with Gasteiger partial charge in [0.15, 0.2) is 0 Å². The molecule has 5 heteroatoms. The number of carbonyl (C=O) groups is 1. The molecule has 100 valence electrons. The first-order valence-electron chi connectivity index (χ1n) is 5.82. The summed E-state index contributed by atoms with van der Waals surface area (Å²) in [6.07, 6.45) is 0.269. The van der Waals surface area contributed by atoms with Crippen LogP contribution in [0.1, 0.15) is 11.1 Å². The maximum atomic E-state index is 12.0. The van der Waals surface area contributed by atoms with Crippen LogP contribution < -0.4 is 5.32 Å². The highest BCUT2D eigenvalue weighted by molar-refractivity contribution is 9.11. The number of amides is 1. The van der Waals surface area contributed by atoms with E-state index in [0.29, 0.717) is 5.56 Å². The van der Waals surface area contributed by atoms with Crippen LogP contribution in [0.4, 0.5) is 5.69 Å². The molecule has 0 saturated heterocycles. The molecule has 0 heterocycles. The Kier molecular flexibility index (Phi) is 4.94. The molecule has 20 heavy (non-hydrogen) atoms. The van der Waals surface area contributed by atoms with Crippen LogP contribution in [-0.2, 0) is 11.2 Å². The van der Waals surface area contributed by atoms with Gasteiger partial charge in [-0.2, -0.15) is 5.26 Å². The lowest BCUT2D eigenvalue weighted by Crippen LogP contribution is -2.14. The average molecular weight is 394 g/mol. The van der Waals surface area contributed by atoms with Gasteiger partial charge in [0.05, 0.1) is 23.7 Å². The molecule has 0 fully saturated rings. The lowest BCUT2D eigenvalue weighted by molar-refractivity contribution is -0.115. The van der Waals surface area contributed by atoms with Crippen molar-refractivity contribution in [1.82, 2.24) is 0 Å². The molecule has 0 radical (unpaired) electrons. The molecule has 1 N–H and O–H groups in total. The molecular formula is C15H10Br2N2O. The first-order chi connectivity index (χ1) is 9.58. The third-order valence-corrected chi connectivity index (χ3v) is 3.83. The Labute approximate surface area is 133 Å². The molecule has 1 amide bonds. The summed E-state index contributed by atoms with van der Waals surface area (Å²) >= 11 is 6.76. The predicted molar refractivity (Wildman–Crippen MR) is 85.3 cm³/mol. The molecule has 0 unspecified atom stereocenters. The van der Waals surface area contributed by atoms with E-state index in [1.165, 1.54) is 0 Å². The summed E-state index contributed by atoms with van der Waals surface area (Å²) in [5, 5.41) is 11.6. The van der Waals surface area contributed by atoms with Gasteiger partial charge >= 0.3 is 0 Å². The summed E-state index contributed by atoms with van der Waals surface area (Å²) in [4.78, 5) is 12.0. The van der Waals surface area contributed by atoms with Gasteiger partial charge in [-0.15, -0.1) is 0 Å². The highest BCUT2D eigenvalue weighted by Gasteiger charge is 2.07. The quantitative estimate of drug-likeness (QED) is 0.846. The van der Waals surface area contributed by atoms with Crippen LogP contribution in [0.15, 0.2) is 51.4 Å². The van der Waals surface area contributed by atoms with E-state index in [0.717, 1.165) is 20.2 Å². The van der Waals surface area contributed by atoms with Gasteiger partial charge in [-0.25, -0.2) is 0 Å². The Bertz CT molecular complexity index is 675. The number of nitrogens with zero attached hydrogens (tertiary/aromatic N) is 1. The van der Waals surface area contributed by atoms with Gasteiger partial charge in [0.25, 0.3) is 0 Å². The van der Waals surface area contributed by atoms with Crippen molar-refractivity contribution in [3.05, 3.63) is 62.5 Å². The van der Waals surface area contributed by atoms with E-state index in [2.05, 4.69) is 37.2 Å². The summed E-state index contributed by atoms with van der Waals surface area (Å²) in [5.41, 5.74) is 2.18. The molecule has 2 aromatic rings. The summed E-state index contributed by atoms with van der Waals surface area (Å²) in [5.74, 6) is -0.103. The molecule has 3 nitrogen and oxygen atoms in total. The van der Waals surface area contributed by atoms with Crippen molar-refractivity contribution >= 4 is 43.5 Å². The number of nitrogens with one attached hydrogen (secondary N) is 1. The zero-order valence-electron chi connectivity index (χ0n) is 10.4. The van der Waals surface area contributed by atoms with Crippen LogP contribution in [0.2, 0.25) is 0 Å². The minimum atomic E-state index is -0.103. The zero-order valence-corrected chi connectivity index (χ0v) is 13.5. The molecule has 0 atom stereocenters. The number of anilines is 1. The van der Waals surface area contributed by atoms with Crippen molar-refractivity contribution in [3.8, 4) is 6.07 Å². The van der Waals surface area contributed by atoms with Crippen molar-refractivity contribution in [2.24, 2.45) is 0 Å². The molecule has 0 aliphatic rings. The molecule has 0 aliphatic heterocycles. The SMILES string of the molecule is N#Cc1ccc(CC(=O)Nc2cc(Br)ccc2Br)cc1. The summed E-state index contributed by atoms with van der Waals surface area (Å²) < 4.78 is 1.73. The fourth-order valence-corrected chi connectivity index (χ4v) is 2.38. The van der Waals surface area contributed by atoms with E-state index in [4.69, 9.17) is 5.26 Å². The highest BCUT2D eigenvalue weighted by atomic mass is 79.9. The fourth-order valence-electron chi connectivity index (χ4n) is 1.67. The second kappa shape index (κ2) is 6.69.